The van der Waals surface area contributed by atoms with E-state index in [9.17, 15) is 0 Å². The first-order chi connectivity index (χ1) is 9.26. The standard InChI is InChI=1S/C16H25NO2/c1-12-4-5-16(18-3)14(10-12)15(11-17-2)13-6-8-19-9-7-13/h4-5,10,13,15,17H,6-9,11H2,1-3H3. The number of likely N-dealkylation sites (N-methyl/N-ethyl adjacent to an activating group) is 1. The maximum absolute atomic E-state index is 5.56. The average molecular weight is 263 g/mol. The van der Waals surface area contributed by atoms with E-state index in [-0.39, 0.29) is 0 Å². The van der Waals surface area contributed by atoms with Crippen LogP contribution in [0.15, 0.2) is 18.2 Å². The lowest BCUT2D eigenvalue weighted by Crippen LogP contribution is -2.29. The predicted molar refractivity (Wildman–Crippen MR) is 77.9 cm³/mol. The molecule has 0 amide bonds. The molecule has 106 valence electrons. The van der Waals surface area contributed by atoms with Crippen molar-refractivity contribution >= 4 is 0 Å². The second kappa shape index (κ2) is 6.92. The van der Waals surface area contributed by atoms with E-state index in [1.807, 2.05) is 7.05 Å². The summed E-state index contributed by atoms with van der Waals surface area (Å²) >= 11 is 0. The molecule has 0 radical (unpaired) electrons. The lowest BCUT2D eigenvalue weighted by atomic mass is 9.80. The summed E-state index contributed by atoms with van der Waals surface area (Å²) in [6.45, 7) is 4.91. The molecule has 19 heavy (non-hydrogen) atoms. The van der Waals surface area contributed by atoms with Crippen molar-refractivity contribution in [2.45, 2.75) is 25.7 Å². The van der Waals surface area contributed by atoms with Crippen molar-refractivity contribution in [2.24, 2.45) is 5.92 Å². The van der Waals surface area contributed by atoms with Crippen molar-refractivity contribution in [3.05, 3.63) is 29.3 Å². The van der Waals surface area contributed by atoms with E-state index in [1.54, 1.807) is 7.11 Å². The van der Waals surface area contributed by atoms with Gasteiger partial charge in [0.15, 0.2) is 0 Å². The molecule has 2 rings (SSSR count). The van der Waals surface area contributed by atoms with E-state index < -0.39 is 0 Å². The largest absolute Gasteiger partial charge is 0.496 e. The van der Waals surface area contributed by atoms with Crippen LogP contribution in [0.2, 0.25) is 0 Å². The SMILES string of the molecule is CNCC(c1cc(C)ccc1OC)C1CCOCC1. The molecule has 0 aliphatic carbocycles. The van der Waals surface area contributed by atoms with Crippen molar-refractivity contribution in [2.75, 3.05) is 33.9 Å². The summed E-state index contributed by atoms with van der Waals surface area (Å²) in [6.07, 6.45) is 2.28. The van der Waals surface area contributed by atoms with Crippen LogP contribution >= 0.6 is 0 Å². The highest BCUT2D eigenvalue weighted by Gasteiger charge is 2.27. The van der Waals surface area contributed by atoms with Crippen LogP contribution in [0.3, 0.4) is 0 Å². The van der Waals surface area contributed by atoms with Gasteiger partial charge in [-0.15, -0.1) is 0 Å². The minimum atomic E-state index is 0.503. The van der Waals surface area contributed by atoms with E-state index in [2.05, 4.69) is 30.4 Å². The van der Waals surface area contributed by atoms with Crippen LogP contribution in [0, 0.1) is 12.8 Å². The maximum atomic E-state index is 5.56. The second-order valence-electron chi connectivity index (χ2n) is 5.36. The van der Waals surface area contributed by atoms with Crippen LogP contribution in [0.1, 0.15) is 29.9 Å². The molecule has 1 fully saturated rings. The molecule has 0 bridgehead atoms. The first kappa shape index (κ1) is 14.4. The van der Waals surface area contributed by atoms with E-state index in [1.165, 1.54) is 11.1 Å². The smallest absolute Gasteiger partial charge is 0.122 e. The Morgan fingerprint density at radius 1 is 1.37 bits per heavy atom. The molecule has 3 nitrogen and oxygen atoms in total. The van der Waals surface area contributed by atoms with Crippen LogP contribution in [-0.2, 0) is 4.74 Å². The number of methoxy groups -OCH3 is 1. The Morgan fingerprint density at radius 3 is 2.74 bits per heavy atom. The third-order valence-electron chi connectivity index (χ3n) is 4.04. The summed E-state index contributed by atoms with van der Waals surface area (Å²) in [7, 11) is 3.78. The molecule has 0 saturated carbocycles. The molecule has 1 aromatic carbocycles. The van der Waals surface area contributed by atoms with Crippen molar-refractivity contribution in [1.29, 1.82) is 0 Å². The Hall–Kier alpha value is -1.06. The Balaban J connectivity index is 2.28. The summed E-state index contributed by atoms with van der Waals surface area (Å²) in [5.41, 5.74) is 2.63. The summed E-state index contributed by atoms with van der Waals surface area (Å²) in [4.78, 5) is 0. The molecule has 0 aromatic heterocycles. The Morgan fingerprint density at radius 2 is 2.11 bits per heavy atom. The summed E-state index contributed by atoms with van der Waals surface area (Å²) in [5.74, 6) is 2.19. The van der Waals surface area contributed by atoms with Gasteiger partial charge in [0, 0.05) is 25.7 Å². The first-order valence-corrected chi connectivity index (χ1v) is 7.13. The van der Waals surface area contributed by atoms with E-state index >= 15 is 0 Å². The second-order valence-corrected chi connectivity index (χ2v) is 5.36. The molecule has 1 heterocycles. The zero-order chi connectivity index (χ0) is 13.7. The Kier molecular flexibility index (Phi) is 5.23. The highest BCUT2D eigenvalue weighted by molar-refractivity contribution is 5.40. The van der Waals surface area contributed by atoms with Crippen LogP contribution in [-0.4, -0.2) is 33.9 Å². The van der Waals surface area contributed by atoms with Crippen LogP contribution in [0.25, 0.3) is 0 Å². The predicted octanol–water partition coefficient (Wildman–Crippen LogP) is 2.73. The molecular formula is C16H25NO2. The first-order valence-electron chi connectivity index (χ1n) is 7.13. The van der Waals surface area contributed by atoms with Gasteiger partial charge in [-0.3, -0.25) is 0 Å². The number of nitrogens with one attached hydrogen (secondary N) is 1. The van der Waals surface area contributed by atoms with Crippen molar-refractivity contribution in [3.63, 3.8) is 0 Å². The van der Waals surface area contributed by atoms with E-state index in [4.69, 9.17) is 9.47 Å². The van der Waals surface area contributed by atoms with Gasteiger partial charge >= 0.3 is 0 Å². The normalized spacial score (nSPS) is 18.3. The highest BCUT2D eigenvalue weighted by atomic mass is 16.5. The Labute approximate surface area is 116 Å². The lowest BCUT2D eigenvalue weighted by Gasteiger charge is -2.31. The van der Waals surface area contributed by atoms with Gasteiger partial charge in [-0.05, 0) is 44.4 Å². The zero-order valence-electron chi connectivity index (χ0n) is 12.2. The number of rotatable bonds is 5. The van der Waals surface area contributed by atoms with Crippen LogP contribution < -0.4 is 10.1 Å². The van der Waals surface area contributed by atoms with Gasteiger partial charge in [0.1, 0.15) is 5.75 Å². The van der Waals surface area contributed by atoms with E-state index in [0.29, 0.717) is 11.8 Å². The number of ether oxygens (including phenoxy) is 2. The molecule has 3 heteroatoms. The van der Waals surface area contributed by atoms with Crippen molar-refractivity contribution in [1.82, 2.24) is 5.32 Å². The Bertz CT molecular complexity index is 400. The van der Waals surface area contributed by atoms with Gasteiger partial charge in [-0.1, -0.05) is 17.7 Å². The molecule has 1 aliphatic rings. The van der Waals surface area contributed by atoms with Gasteiger partial charge in [-0.25, -0.2) is 0 Å². The van der Waals surface area contributed by atoms with Crippen molar-refractivity contribution in [3.8, 4) is 5.75 Å². The topological polar surface area (TPSA) is 30.5 Å². The number of hydrogen-bond donors (Lipinski definition) is 1. The van der Waals surface area contributed by atoms with Gasteiger partial charge in [-0.2, -0.15) is 0 Å². The minimum Gasteiger partial charge on any atom is -0.496 e. The molecular weight excluding hydrogens is 238 g/mol. The number of hydrogen-bond acceptors (Lipinski definition) is 3. The third kappa shape index (κ3) is 3.48. The summed E-state index contributed by atoms with van der Waals surface area (Å²) in [6, 6.07) is 6.48. The fourth-order valence-electron chi connectivity index (χ4n) is 3.01. The fraction of sp³-hybridized carbons (Fsp3) is 0.625. The molecule has 0 spiro atoms. The highest BCUT2D eigenvalue weighted by Crippen LogP contribution is 2.36. The molecule has 1 saturated heterocycles. The molecule has 1 aliphatic heterocycles. The van der Waals surface area contributed by atoms with Gasteiger partial charge < -0.3 is 14.8 Å². The molecule has 1 atom stereocenters. The van der Waals surface area contributed by atoms with E-state index in [0.717, 1.165) is 38.3 Å². The molecule has 1 N–H and O–H groups in total. The molecule has 1 unspecified atom stereocenters. The average Bonchev–Trinajstić information content (AvgIpc) is 2.45. The number of aryl methyl sites for hydroxylation is 1. The van der Waals surface area contributed by atoms with Crippen LogP contribution in [0.4, 0.5) is 0 Å². The zero-order valence-corrected chi connectivity index (χ0v) is 12.2. The third-order valence-corrected chi connectivity index (χ3v) is 4.04. The van der Waals surface area contributed by atoms with Gasteiger partial charge in [0.05, 0.1) is 7.11 Å². The van der Waals surface area contributed by atoms with Gasteiger partial charge in [0.2, 0.25) is 0 Å². The minimum absolute atomic E-state index is 0.503. The monoisotopic (exact) mass is 263 g/mol. The fourth-order valence-corrected chi connectivity index (χ4v) is 3.01. The summed E-state index contributed by atoms with van der Waals surface area (Å²) in [5, 5.41) is 3.34. The number of benzene rings is 1. The van der Waals surface area contributed by atoms with Crippen LogP contribution in [0.5, 0.6) is 5.75 Å². The lowest BCUT2D eigenvalue weighted by molar-refractivity contribution is 0.0576. The van der Waals surface area contributed by atoms with Crippen molar-refractivity contribution < 1.29 is 9.47 Å². The molecule has 1 aromatic rings. The maximum Gasteiger partial charge on any atom is 0.122 e. The quantitative estimate of drug-likeness (QED) is 0.886. The summed E-state index contributed by atoms with van der Waals surface area (Å²) < 4.78 is 11.1. The van der Waals surface area contributed by atoms with Gasteiger partial charge in [0.25, 0.3) is 0 Å².